The van der Waals surface area contributed by atoms with Gasteiger partial charge in [-0.2, -0.15) is 0 Å². The fourth-order valence-corrected chi connectivity index (χ4v) is 4.31. The first-order chi connectivity index (χ1) is 11.0. The standard InChI is InChI=1S/C20H27BrN2O/c1-19(2,3)17(20(4,5)6)15-11-9-12-13(18(24)22-7)8-10-14(21)16(12)23-15/h8-11,17H,1-7H3,(H,22,24). The van der Waals surface area contributed by atoms with Gasteiger partial charge >= 0.3 is 0 Å². The van der Waals surface area contributed by atoms with E-state index in [0.717, 1.165) is 21.1 Å². The van der Waals surface area contributed by atoms with Crippen LogP contribution in [0.2, 0.25) is 0 Å². The molecule has 0 saturated carbocycles. The molecule has 4 heteroatoms. The summed E-state index contributed by atoms with van der Waals surface area (Å²) in [5, 5.41) is 3.57. The Bertz CT molecular complexity index is 756. The fraction of sp³-hybridized carbons (Fsp3) is 0.500. The largest absolute Gasteiger partial charge is 0.355 e. The van der Waals surface area contributed by atoms with E-state index in [1.807, 2.05) is 18.2 Å². The summed E-state index contributed by atoms with van der Waals surface area (Å²) in [6.07, 6.45) is 0. The number of nitrogens with one attached hydrogen (secondary N) is 1. The maximum absolute atomic E-state index is 12.1. The van der Waals surface area contributed by atoms with E-state index in [-0.39, 0.29) is 16.7 Å². The van der Waals surface area contributed by atoms with E-state index in [1.54, 1.807) is 7.05 Å². The van der Waals surface area contributed by atoms with Crippen molar-refractivity contribution >= 4 is 32.7 Å². The molecule has 24 heavy (non-hydrogen) atoms. The van der Waals surface area contributed by atoms with Crippen LogP contribution in [0.5, 0.6) is 0 Å². The Kier molecular flexibility index (Phi) is 5.10. The molecule has 3 nitrogen and oxygen atoms in total. The number of amides is 1. The van der Waals surface area contributed by atoms with Crippen LogP contribution in [0.3, 0.4) is 0 Å². The molecule has 0 atom stereocenters. The number of aromatic nitrogens is 1. The van der Waals surface area contributed by atoms with E-state index >= 15 is 0 Å². The van der Waals surface area contributed by atoms with Crippen LogP contribution in [-0.2, 0) is 0 Å². The lowest BCUT2D eigenvalue weighted by Gasteiger charge is -2.40. The molecule has 0 aliphatic carbocycles. The van der Waals surface area contributed by atoms with Crippen molar-refractivity contribution in [2.24, 2.45) is 10.8 Å². The quantitative estimate of drug-likeness (QED) is 0.731. The molecule has 1 aromatic carbocycles. The van der Waals surface area contributed by atoms with Gasteiger partial charge in [-0.05, 0) is 45.0 Å². The van der Waals surface area contributed by atoms with Crippen molar-refractivity contribution in [3.8, 4) is 0 Å². The van der Waals surface area contributed by atoms with Gasteiger partial charge in [-0.25, -0.2) is 0 Å². The first-order valence-electron chi connectivity index (χ1n) is 8.28. The van der Waals surface area contributed by atoms with Crippen molar-refractivity contribution in [3.63, 3.8) is 0 Å². The molecule has 2 rings (SSSR count). The summed E-state index contributed by atoms with van der Waals surface area (Å²) in [5.74, 6) is 0.204. The Morgan fingerprint density at radius 1 is 1.04 bits per heavy atom. The second-order valence-electron chi connectivity index (χ2n) is 8.47. The molecule has 1 N–H and O–H groups in total. The van der Waals surface area contributed by atoms with E-state index in [1.165, 1.54) is 0 Å². The van der Waals surface area contributed by atoms with Crippen molar-refractivity contribution in [1.29, 1.82) is 0 Å². The summed E-state index contributed by atoms with van der Waals surface area (Å²) in [5.41, 5.74) is 2.73. The summed E-state index contributed by atoms with van der Waals surface area (Å²) in [6.45, 7) is 13.5. The lowest BCUT2D eigenvalue weighted by Crippen LogP contribution is -2.31. The van der Waals surface area contributed by atoms with E-state index < -0.39 is 0 Å². The Hall–Kier alpha value is -1.42. The van der Waals surface area contributed by atoms with Gasteiger partial charge in [0.1, 0.15) is 0 Å². The minimum atomic E-state index is -0.0924. The fourth-order valence-electron chi connectivity index (χ4n) is 3.88. The minimum Gasteiger partial charge on any atom is -0.355 e. The maximum atomic E-state index is 12.1. The van der Waals surface area contributed by atoms with Crippen LogP contribution in [0.1, 0.15) is 63.5 Å². The minimum absolute atomic E-state index is 0.0871. The molecular formula is C20H27BrN2O. The van der Waals surface area contributed by atoms with E-state index in [4.69, 9.17) is 4.98 Å². The number of halogens is 1. The monoisotopic (exact) mass is 390 g/mol. The third kappa shape index (κ3) is 3.64. The Morgan fingerprint density at radius 3 is 2.12 bits per heavy atom. The molecule has 0 radical (unpaired) electrons. The van der Waals surface area contributed by atoms with Crippen LogP contribution in [-0.4, -0.2) is 17.9 Å². The average molecular weight is 391 g/mol. The molecule has 0 fully saturated rings. The molecule has 0 bridgehead atoms. The maximum Gasteiger partial charge on any atom is 0.251 e. The first kappa shape index (κ1) is 18.9. The van der Waals surface area contributed by atoms with Crippen molar-refractivity contribution in [1.82, 2.24) is 10.3 Å². The SMILES string of the molecule is CNC(=O)c1ccc(Br)c2nc(C(C(C)(C)C)C(C)(C)C)ccc12. The topological polar surface area (TPSA) is 42.0 Å². The number of benzene rings is 1. The lowest BCUT2D eigenvalue weighted by molar-refractivity contribution is 0.0964. The van der Waals surface area contributed by atoms with Gasteiger partial charge in [-0.15, -0.1) is 0 Å². The molecule has 0 spiro atoms. The van der Waals surface area contributed by atoms with Crippen LogP contribution >= 0.6 is 15.9 Å². The van der Waals surface area contributed by atoms with Gasteiger partial charge in [-0.1, -0.05) is 47.6 Å². The van der Waals surface area contributed by atoms with E-state index in [2.05, 4.69) is 68.9 Å². The van der Waals surface area contributed by atoms with Crippen molar-refractivity contribution < 1.29 is 4.79 Å². The molecule has 0 aliphatic heterocycles. The van der Waals surface area contributed by atoms with Gasteiger partial charge in [-0.3, -0.25) is 9.78 Å². The Balaban J connectivity index is 2.71. The predicted molar refractivity (Wildman–Crippen MR) is 104 cm³/mol. The number of carbonyl (C=O) groups is 1. The molecule has 1 amide bonds. The number of fused-ring (bicyclic) bond motifs is 1. The molecule has 0 unspecified atom stereocenters. The van der Waals surface area contributed by atoms with E-state index in [9.17, 15) is 4.79 Å². The van der Waals surface area contributed by atoms with Crippen molar-refractivity contribution in [2.45, 2.75) is 47.5 Å². The Labute approximate surface area is 153 Å². The van der Waals surface area contributed by atoms with Crippen molar-refractivity contribution in [3.05, 3.63) is 40.0 Å². The highest BCUT2D eigenvalue weighted by Gasteiger charge is 2.37. The van der Waals surface area contributed by atoms with Crippen LogP contribution in [0, 0.1) is 10.8 Å². The number of rotatable bonds is 2. The van der Waals surface area contributed by atoms with Crippen molar-refractivity contribution in [2.75, 3.05) is 7.05 Å². The third-order valence-corrected chi connectivity index (χ3v) is 4.97. The zero-order valence-corrected chi connectivity index (χ0v) is 17.2. The molecule has 2 aromatic rings. The summed E-state index contributed by atoms with van der Waals surface area (Å²) in [6, 6.07) is 7.82. The van der Waals surface area contributed by atoms with Gasteiger partial charge in [0.15, 0.2) is 0 Å². The number of nitrogens with zero attached hydrogens (tertiary/aromatic N) is 1. The zero-order valence-electron chi connectivity index (χ0n) is 15.6. The highest BCUT2D eigenvalue weighted by molar-refractivity contribution is 9.10. The second kappa shape index (κ2) is 6.47. The average Bonchev–Trinajstić information content (AvgIpc) is 2.44. The van der Waals surface area contributed by atoms with Gasteiger partial charge in [0.25, 0.3) is 5.91 Å². The smallest absolute Gasteiger partial charge is 0.251 e. The van der Waals surface area contributed by atoms with Crippen LogP contribution in [0.25, 0.3) is 10.9 Å². The molecule has 0 aliphatic rings. The molecule has 0 saturated heterocycles. The van der Waals surface area contributed by atoms with Crippen LogP contribution in [0.4, 0.5) is 0 Å². The lowest BCUT2D eigenvalue weighted by atomic mass is 9.65. The van der Waals surface area contributed by atoms with Gasteiger partial charge < -0.3 is 5.32 Å². The number of pyridine rings is 1. The summed E-state index contributed by atoms with van der Waals surface area (Å²) in [7, 11) is 1.65. The molecular weight excluding hydrogens is 364 g/mol. The molecule has 1 aromatic heterocycles. The predicted octanol–water partition coefficient (Wildman–Crippen LogP) is 5.53. The highest BCUT2D eigenvalue weighted by atomic mass is 79.9. The summed E-state index contributed by atoms with van der Waals surface area (Å²) >= 11 is 3.59. The molecule has 1 heterocycles. The summed E-state index contributed by atoms with van der Waals surface area (Å²) < 4.78 is 0.911. The van der Waals surface area contributed by atoms with Gasteiger partial charge in [0.05, 0.1) is 5.52 Å². The van der Waals surface area contributed by atoms with Gasteiger partial charge in [0.2, 0.25) is 0 Å². The van der Waals surface area contributed by atoms with Crippen LogP contribution in [0.15, 0.2) is 28.7 Å². The Morgan fingerprint density at radius 2 is 1.62 bits per heavy atom. The highest BCUT2D eigenvalue weighted by Crippen LogP contribution is 2.47. The van der Waals surface area contributed by atoms with Gasteiger partial charge in [0, 0.05) is 34.1 Å². The zero-order chi connectivity index (χ0) is 18.3. The van der Waals surface area contributed by atoms with Crippen LogP contribution < -0.4 is 5.32 Å². The van der Waals surface area contributed by atoms with E-state index in [0.29, 0.717) is 11.5 Å². The summed E-state index contributed by atoms with van der Waals surface area (Å²) in [4.78, 5) is 17.1. The second-order valence-corrected chi connectivity index (χ2v) is 9.33. The number of carbonyl (C=O) groups excluding carboxylic acids is 1. The first-order valence-corrected chi connectivity index (χ1v) is 9.07. The third-order valence-electron chi connectivity index (χ3n) is 4.33. The number of hydrogen-bond acceptors (Lipinski definition) is 2. The molecule has 130 valence electrons. The number of hydrogen-bond donors (Lipinski definition) is 1. The normalized spacial score (nSPS) is 12.7.